The number of hydrogen-bond acceptors (Lipinski definition) is 2. The largest absolute Gasteiger partial charge is 0.355 e. The summed E-state index contributed by atoms with van der Waals surface area (Å²) in [6.45, 7) is 0. The van der Waals surface area contributed by atoms with E-state index in [2.05, 4.69) is 32.1 Å². The van der Waals surface area contributed by atoms with Gasteiger partial charge in [-0.1, -0.05) is 0 Å². The Hall–Kier alpha value is -3.40. The van der Waals surface area contributed by atoms with Gasteiger partial charge in [-0.05, 0) is 60.7 Å². The van der Waals surface area contributed by atoms with Gasteiger partial charge in [-0.15, -0.1) is 0 Å². The molecule has 0 saturated carbocycles. The second kappa shape index (κ2) is 5.06. The van der Waals surface area contributed by atoms with Crippen molar-refractivity contribution in [3.63, 3.8) is 0 Å². The summed E-state index contributed by atoms with van der Waals surface area (Å²) in [6.07, 6.45) is 7.88. The standard InChI is InChI=1S/C20H12N4/c1-2-14-10-16-5-6-18(23-16)12-20-8-7-19(24-20)11-17-4-3-15(22-17)9-13(1)21-14/h1-10,22-23H. The smallest absolute Gasteiger partial charge is 0.0738 e. The maximum Gasteiger partial charge on any atom is 0.0738 e. The molecule has 5 rings (SSSR count). The molecule has 0 amide bonds. The first-order valence-corrected chi connectivity index (χ1v) is 7.69. The minimum atomic E-state index is 0.782. The molecule has 0 unspecified atom stereocenters. The number of rotatable bonds is 0. The molecule has 8 bridgehead atoms. The van der Waals surface area contributed by atoms with Gasteiger partial charge in [0.1, 0.15) is 0 Å². The van der Waals surface area contributed by atoms with Gasteiger partial charge in [0.2, 0.25) is 0 Å². The van der Waals surface area contributed by atoms with Crippen molar-refractivity contribution in [2.45, 2.75) is 0 Å². The molecule has 4 heteroatoms. The Bertz CT molecular complexity index is 984. The number of fused-ring (bicyclic) bond motifs is 8. The monoisotopic (exact) mass is 308 g/mol. The Morgan fingerprint density at radius 2 is 1.17 bits per heavy atom. The quantitative estimate of drug-likeness (QED) is 0.449. The summed E-state index contributed by atoms with van der Waals surface area (Å²) in [5.74, 6) is 0. The highest BCUT2D eigenvalue weighted by molar-refractivity contribution is 5.76. The lowest BCUT2D eigenvalue weighted by Crippen LogP contribution is -1.76. The minimum Gasteiger partial charge on any atom is -0.355 e. The highest BCUT2D eigenvalue weighted by Crippen LogP contribution is 2.16. The average molecular weight is 308 g/mol. The molecule has 2 radical (unpaired) electrons. The van der Waals surface area contributed by atoms with Crippen molar-refractivity contribution in [3.05, 3.63) is 71.3 Å². The second-order valence-electron chi connectivity index (χ2n) is 5.70. The fourth-order valence-corrected chi connectivity index (χ4v) is 2.79. The Morgan fingerprint density at radius 1 is 0.625 bits per heavy atom. The molecule has 0 fully saturated rings. The van der Waals surface area contributed by atoms with Gasteiger partial charge in [0.15, 0.2) is 0 Å². The van der Waals surface area contributed by atoms with Crippen LogP contribution in [0.5, 0.6) is 0 Å². The van der Waals surface area contributed by atoms with Crippen molar-refractivity contribution in [2.24, 2.45) is 0 Å². The number of H-pyrrole nitrogens is 2. The van der Waals surface area contributed by atoms with Crippen molar-refractivity contribution in [2.75, 3.05) is 0 Å². The lowest BCUT2D eigenvalue weighted by atomic mass is 10.3. The Labute approximate surface area is 138 Å². The zero-order chi connectivity index (χ0) is 15.9. The van der Waals surface area contributed by atoms with Crippen molar-refractivity contribution in [3.8, 4) is 0 Å². The van der Waals surface area contributed by atoms with Crippen LogP contribution >= 0.6 is 0 Å². The molecule has 3 aromatic heterocycles. The Balaban J connectivity index is 1.85. The van der Waals surface area contributed by atoms with Gasteiger partial charge in [-0.25, -0.2) is 9.97 Å². The van der Waals surface area contributed by atoms with Crippen LogP contribution in [0.25, 0.3) is 46.4 Å². The molecule has 2 N–H and O–H groups in total. The number of aromatic nitrogens is 4. The Kier molecular flexibility index (Phi) is 2.76. The van der Waals surface area contributed by atoms with Gasteiger partial charge >= 0.3 is 0 Å². The van der Waals surface area contributed by atoms with Crippen LogP contribution in [-0.4, -0.2) is 19.9 Å². The third kappa shape index (κ3) is 2.44. The van der Waals surface area contributed by atoms with E-state index in [1.165, 1.54) is 0 Å². The van der Waals surface area contributed by atoms with Gasteiger partial charge in [0.25, 0.3) is 0 Å². The fourth-order valence-electron chi connectivity index (χ4n) is 2.79. The molecule has 2 aliphatic rings. The van der Waals surface area contributed by atoms with E-state index in [-0.39, 0.29) is 0 Å². The third-order valence-electron chi connectivity index (χ3n) is 3.87. The minimum absolute atomic E-state index is 0.782. The summed E-state index contributed by atoms with van der Waals surface area (Å²) < 4.78 is 0. The molecular formula is C20H12N4. The topological polar surface area (TPSA) is 57.4 Å². The van der Waals surface area contributed by atoms with Crippen molar-refractivity contribution in [1.82, 2.24) is 19.9 Å². The van der Waals surface area contributed by atoms with Crippen LogP contribution in [0.1, 0.15) is 22.8 Å². The number of aromatic amines is 2. The maximum absolute atomic E-state index is 4.61. The highest BCUT2D eigenvalue weighted by atomic mass is 14.8. The predicted molar refractivity (Wildman–Crippen MR) is 96.5 cm³/mol. The molecular weight excluding hydrogens is 296 g/mol. The van der Waals surface area contributed by atoms with Gasteiger partial charge in [-0.2, -0.15) is 0 Å². The van der Waals surface area contributed by atoms with E-state index in [1.807, 2.05) is 60.7 Å². The van der Waals surface area contributed by atoms with E-state index in [0.29, 0.717) is 0 Å². The summed E-state index contributed by atoms with van der Waals surface area (Å²) >= 11 is 0. The maximum atomic E-state index is 4.61. The summed E-state index contributed by atoms with van der Waals surface area (Å²) in [5.41, 5.74) is 7.15. The summed E-state index contributed by atoms with van der Waals surface area (Å²) in [5, 5.41) is 0. The van der Waals surface area contributed by atoms with Crippen molar-refractivity contribution < 1.29 is 0 Å². The van der Waals surface area contributed by atoms with Gasteiger partial charge in [0, 0.05) is 34.2 Å². The lowest BCUT2D eigenvalue weighted by Gasteiger charge is -1.85. The van der Waals surface area contributed by atoms with Crippen LogP contribution in [0.2, 0.25) is 0 Å². The van der Waals surface area contributed by atoms with E-state index < -0.39 is 0 Å². The van der Waals surface area contributed by atoms with Gasteiger partial charge < -0.3 is 9.97 Å². The number of hydrogen-bond donors (Lipinski definition) is 2. The van der Waals surface area contributed by atoms with E-state index in [4.69, 9.17) is 0 Å². The molecule has 2 aliphatic heterocycles. The van der Waals surface area contributed by atoms with Crippen LogP contribution < -0.4 is 0 Å². The van der Waals surface area contributed by atoms with Crippen LogP contribution in [0.15, 0.2) is 36.4 Å². The van der Waals surface area contributed by atoms with Crippen molar-refractivity contribution >= 4 is 46.4 Å². The zero-order valence-electron chi connectivity index (χ0n) is 12.7. The third-order valence-corrected chi connectivity index (χ3v) is 3.87. The van der Waals surface area contributed by atoms with Crippen molar-refractivity contribution in [1.29, 1.82) is 0 Å². The molecule has 112 valence electrons. The molecule has 0 aromatic carbocycles. The molecule has 0 spiro atoms. The predicted octanol–water partition coefficient (Wildman–Crippen LogP) is 4.26. The fraction of sp³-hybridized carbons (Fsp3) is 0. The first-order chi connectivity index (χ1) is 11.8. The van der Waals surface area contributed by atoms with E-state index in [9.17, 15) is 0 Å². The highest BCUT2D eigenvalue weighted by Gasteiger charge is 2.01. The SMILES string of the molecule is [c]1c2nc([c]c3ccc(cc4nc(cc5ccc1[nH]5)C=C4)[nH]3)C=C2. The average Bonchev–Trinajstić information content (AvgIpc) is 3.32. The number of nitrogens with zero attached hydrogens (tertiary/aromatic N) is 2. The zero-order valence-corrected chi connectivity index (χ0v) is 12.7. The van der Waals surface area contributed by atoms with Crippen LogP contribution in [0, 0.1) is 12.1 Å². The molecule has 0 saturated heterocycles. The summed E-state index contributed by atoms with van der Waals surface area (Å²) in [7, 11) is 0. The van der Waals surface area contributed by atoms with Gasteiger partial charge in [0.05, 0.1) is 22.8 Å². The number of nitrogens with one attached hydrogen (secondary N) is 2. The first-order valence-electron chi connectivity index (χ1n) is 7.69. The molecule has 3 aromatic rings. The van der Waals surface area contributed by atoms with E-state index >= 15 is 0 Å². The summed E-state index contributed by atoms with van der Waals surface area (Å²) in [6, 6.07) is 18.5. The van der Waals surface area contributed by atoms with Crippen LogP contribution in [-0.2, 0) is 0 Å². The van der Waals surface area contributed by atoms with E-state index in [0.717, 1.165) is 44.8 Å². The summed E-state index contributed by atoms with van der Waals surface area (Å²) in [4.78, 5) is 15.8. The molecule has 0 atom stereocenters. The van der Waals surface area contributed by atoms with Crippen LogP contribution in [0.3, 0.4) is 0 Å². The normalized spacial score (nSPS) is 12.7. The van der Waals surface area contributed by atoms with E-state index in [1.54, 1.807) is 0 Å². The lowest BCUT2D eigenvalue weighted by molar-refractivity contribution is 1.31. The first kappa shape index (κ1) is 13.1. The molecule has 4 nitrogen and oxygen atoms in total. The van der Waals surface area contributed by atoms with Gasteiger partial charge in [-0.3, -0.25) is 0 Å². The molecule has 0 aliphatic carbocycles. The molecule has 24 heavy (non-hydrogen) atoms. The molecule has 5 heterocycles. The van der Waals surface area contributed by atoms with Crippen LogP contribution in [0.4, 0.5) is 0 Å². The Morgan fingerprint density at radius 3 is 1.71 bits per heavy atom. The second-order valence-corrected chi connectivity index (χ2v) is 5.70.